The highest BCUT2D eigenvalue weighted by Crippen LogP contribution is 2.51. The molecule has 2 fully saturated rings. The molecule has 0 spiro atoms. The van der Waals surface area contributed by atoms with Gasteiger partial charge >= 0.3 is 11.9 Å². The minimum absolute atomic E-state index is 0.0616. The number of methoxy groups -OCH3 is 1. The Labute approximate surface area is 423 Å². The van der Waals surface area contributed by atoms with Crippen LogP contribution in [0.3, 0.4) is 0 Å². The van der Waals surface area contributed by atoms with E-state index < -0.39 is 71.2 Å². The summed E-state index contributed by atoms with van der Waals surface area (Å²) in [6.07, 6.45) is 3.28. The van der Waals surface area contributed by atoms with Crippen LogP contribution in [0.1, 0.15) is 154 Å². The largest absolute Gasteiger partial charge is 0.507 e. The van der Waals surface area contributed by atoms with Gasteiger partial charge in [0.15, 0.2) is 0 Å². The third-order valence-electron chi connectivity index (χ3n) is 16.0. The third kappa shape index (κ3) is 11.9. The number of esters is 2. The molecule has 8 rings (SSSR count). The van der Waals surface area contributed by atoms with Crippen LogP contribution in [0.25, 0.3) is 0 Å². The van der Waals surface area contributed by atoms with Crippen LogP contribution >= 0.6 is 0 Å². The number of carbonyl (C=O) groups excluding carboxylic acids is 3. The molecule has 72 heavy (non-hydrogen) atoms. The van der Waals surface area contributed by atoms with Crippen LogP contribution in [0.15, 0.2) is 60.2 Å². The van der Waals surface area contributed by atoms with Gasteiger partial charge in [-0.25, -0.2) is 4.79 Å². The number of benzene rings is 3. The molecule has 3 aromatic rings. The lowest BCUT2D eigenvalue weighted by Gasteiger charge is -2.45. The molecule has 3 aromatic carbocycles. The second-order valence-corrected chi connectivity index (χ2v) is 21.4. The summed E-state index contributed by atoms with van der Waals surface area (Å²) in [5.74, 6) is 3.40. The summed E-state index contributed by atoms with van der Waals surface area (Å²) in [6.45, 7) is 3.41. The zero-order valence-electron chi connectivity index (χ0n) is 42.3. The lowest BCUT2D eigenvalue weighted by atomic mass is 9.66. The number of aliphatic hydroxyl groups excluding tert-OH is 3. The fourth-order valence-corrected chi connectivity index (χ4v) is 11.9. The monoisotopic (exact) mass is 991 g/mol. The summed E-state index contributed by atoms with van der Waals surface area (Å²) in [4.78, 5) is 42.9. The van der Waals surface area contributed by atoms with Gasteiger partial charge in [-0.2, -0.15) is 0 Å². The molecule has 2 aliphatic carbocycles. The first-order valence-electron chi connectivity index (χ1n) is 26.1. The van der Waals surface area contributed by atoms with Gasteiger partial charge in [-0.05, 0) is 123 Å². The van der Waals surface area contributed by atoms with Gasteiger partial charge in [0.25, 0.3) is 0 Å². The van der Waals surface area contributed by atoms with E-state index in [1.165, 1.54) is 20.1 Å². The van der Waals surface area contributed by atoms with E-state index in [1.54, 1.807) is 31.3 Å². The van der Waals surface area contributed by atoms with Gasteiger partial charge < -0.3 is 55.5 Å². The van der Waals surface area contributed by atoms with E-state index in [-0.39, 0.29) is 81.2 Å². The predicted molar refractivity (Wildman–Crippen MR) is 272 cm³/mol. The molecule has 14 nitrogen and oxygen atoms in total. The van der Waals surface area contributed by atoms with Gasteiger partial charge in [0.05, 0.1) is 31.2 Å². The van der Waals surface area contributed by atoms with Crippen LogP contribution < -0.4 is 15.4 Å². The molecule has 5 aliphatic rings. The van der Waals surface area contributed by atoms with Crippen molar-refractivity contribution in [2.75, 3.05) is 39.2 Å². The molecule has 8 bridgehead atoms. The number of phenols is 1. The Kier molecular flexibility index (Phi) is 17.0. The lowest BCUT2D eigenvalue weighted by molar-refractivity contribution is -0.176. The second-order valence-electron chi connectivity index (χ2n) is 21.4. The molecule has 10 unspecified atom stereocenters. The molecule has 0 saturated heterocycles. The number of carbonyl (C=O) groups is 3. The summed E-state index contributed by atoms with van der Waals surface area (Å²) in [5.41, 5.74) is 1.61. The number of hydrogen-bond acceptors (Lipinski definition) is 14. The number of anilines is 1. The normalized spacial score (nSPS) is 27.6. The van der Waals surface area contributed by atoms with E-state index in [1.807, 2.05) is 31.2 Å². The molecule has 14 heteroatoms. The second kappa shape index (κ2) is 23.0. The fourth-order valence-electron chi connectivity index (χ4n) is 11.9. The molecule has 3 aliphatic heterocycles. The van der Waals surface area contributed by atoms with Crippen molar-refractivity contribution in [1.29, 1.82) is 0 Å². The average Bonchev–Trinajstić information content (AvgIpc) is 3.35. The highest BCUT2D eigenvalue weighted by Gasteiger charge is 2.49. The lowest BCUT2D eigenvalue weighted by Crippen LogP contribution is -2.54. The molecule has 10 atom stereocenters. The number of hydrogen-bond donors (Lipinski definition) is 8. The van der Waals surface area contributed by atoms with Crippen LogP contribution in [0, 0.1) is 23.7 Å². The van der Waals surface area contributed by atoms with Crippen molar-refractivity contribution in [3.8, 4) is 23.3 Å². The first kappa shape index (κ1) is 53.2. The Morgan fingerprint density at radius 1 is 0.931 bits per heavy atom. The van der Waals surface area contributed by atoms with Crippen molar-refractivity contribution >= 4 is 23.4 Å². The molecular formula is C58H74N2O12. The number of phenolic OH excluding ortho intramolecular Hbond substituents is 1. The molecule has 2 saturated carbocycles. The molecule has 0 aromatic heterocycles. The van der Waals surface area contributed by atoms with Crippen molar-refractivity contribution in [2.24, 2.45) is 11.8 Å². The van der Waals surface area contributed by atoms with Crippen molar-refractivity contribution in [1.82, 2.24) is 5.32 Å². The van der Waals surface area contributed by atoms with Gasteiger partial charge in [0, 0.05) is 73.7 Å². The van der Waals surface area contributed by atoms with Gasteiger partial charge in [0.1, 0.15) is 40.7 Å². The number of nitrogens with one attached hydrogen (secondary N) is 2. The maximum atomic E-state index is 15.4. The quantitative estimate of drug-likeness (QED) is 0.0520. The minimum atomic E-state index is -1.67. The van der Waals surface area contributed by atoms with Gasteiger partial charge in [-0.15, -0.1) is 0 Å². The van der Waals surface area contributed by atoms with Crippen LogP contribution in [0.2, 0.25) is 0 Å². The minimum Gasteiger partial charge on any atom is -0.507 e. The van der Waals surface area contributed by atoms with Gasteiger partial charge in [-0.3, -0.25) is 9.59 Å². The van der Waals surface area contributed by atoms with E-state index in [2.05, 4.69) is 22.5 Å². The van der Waals surface area contributed by atoms with Gasteiger partial charge in [0.2, 0.25) is 0 Å². The molecule has 3 heterocycles. The number of aromatic hydroxyl groups is 1. The average molecular weight is 991 g/mol. The van der Waals surface area contributed by atoms with Crippen LogP contribution in [0.5, 0.6) is 11.5 Å². The molecule has 8 N–H and O–H groups in total. The zero-order valence-corrected chi connectivity index (χ0v) is 42.3. The Hall–Kier alpha value is -5.11. The zero-order chi connectivity index (χ0) is 51.3. The van der Waals surface area contributed by atoms with E-state index >= 15 is 4.79 Å². The molecule has 388 valence electrons. The molecule has 0 radical (unpaired) electrons. The number of rotatable bonds is 13. The fraction of sp³-hybridized carbons (Fsp3) is 0.569. The highest BCUT2D eigenvalue weighted by molar-refractivity contribution is 5.89. The van der Waals surface area contributed by atoms with E-state index in [9.17, 15) is 40.2 Å². The van der Waals surface area contributed by atoms with E-state index in [0.29, 0.717) is 64.9 Å². The van der Waals surface area contributed by atoms with E-state index in [4.69, 9.17) is 14.2 Å². The molecule has 0 amide bonds. The Morgan fingerprint density at radius 3 is 2.42 bits per heavy atom. The predicted octanol–water partition coefficient (Wildman–Crippen LogP) is 6.50. The van der Waals surface area contributed by atoms with Crippen molar-refractivity contribution < 1.29 is 59.2 Å². The summed E-state index contributed by atoms with van der Waals surface area (Å²) in [7, 11) is 3.15. The Morgan fingerprint density at radius 2 is 1.68 bits per heavy atom. The number of ether oxygens (including phenoxy) is 3. The maximum Gasteiger partial charge on any atom is 0.334 e. The third-order valence-corrected chi connectivity index (χ3v) is 16.0. The first-order valence-corrected chi connectivity index (χ1v) is 26.1. The summed E-state index contributed by atoms with van der Waals surface area (Å²) in [6, 6.07) is 14.9. The Bertz CT molecular complexity index is 2560. The number of fused-ring (bicyclic) bond motifs is 8. The SMILES string of the molecule is CCCC1(O)C2CCC(=O)C(Cc3cccc(c3)CC(O)C=C3CC(c4cc(NCC(C)(O)C(O)COC)cc(C(O)CNC)c4)C#CC4CC(=O)Oc5c4cc(c(O)c5C4CCCCC4)CC1OC3=O)C2. The van der Waals surface area contributed by atoms with Crippen LogP contribution in [0.4, 0.5) is 5.69 Å². The number of Topliss-reactive ketones (excluding diaryl/α,β-unsaturated/α-hetero) is 1. The first-order chi connectivity index (χ1) is 34.5. The maximum absolute atomic E-state index is 15.4. The van der Waals surface area contributed by atoms with Crippen LogP contribution in [-0.4, -0.2) is 112 Å². The number of likely N-dealkylation sites (N-methyl/N-ethyl adjacent to an activating group) is 1. The van der Waals surface area contributed by atoms with Crippen molar-refractivity contribution in [3.05, 3.63) is 99.1 Å². The highest BCUT2D eigenvalue weighted by atomic mass is 16.6. The topological polar surface area (TPSA) is 224 Å². The Balaban J connectivity index is 1.35. The summed E-state index contributed by atoms with van der Waals surface area (Å²) in [5, 5.41) is 77.8. The van der Waals surface area contributed by atoms with Crippen molar-refractivity contribution in [2.45, 2.75) is 164 Å². The van der Waals surface area contributed by atoms with Crippen molar-refractivity contribution in [3.63, 3.8) is 0 Å². The number of ketones is 1. The standard InChI is InChI=1S/C58H74N2O12/c1-5-18-58(69)44-16-17-48(62)40(24-44)20-34-10-9-11-35(19-34)21-46(61)27-43-22-37(39-23-41(49(63)31-59-3)26-45(25-39)60-33-57(2,68)50(64)32-70-4)14-15-38-30-52(65)72-55-47(38)28-42(29-51(58)71-56(43)67)54(66)53(55)36-12-7-6-8-13-36/h9-11,19,23,25-28,36-38,40,44,46,49-51,59-61,63-64,66,68-69H,5-8,12-13,16-18,20-22,24,29-33H2,1-4H3. The van der Waals surface area contributed by atoms with Gasteiger partial charge in [-0.1, -0.05) is 74.8 Å². The summed E-state index contributed by atoms with van der Waals surface area (Å²) < 4.78 is 18.0. The molecular weight excluding hydrogens is 917 g/mol. The summed E-state index contributed by atoms with van der Waals surface area (Å²) >= 11 is 0. The number of aliphatic hydroxyl groups is 5. The van der Waals surface area contributed by atoms with E-state index in [0.717, 1.165) is 43.2 Å². The smallest absolute Gasteiger partial charge is 0.334 e. The van der Waals surface area contributed by atoms with Crippen LogP contribution in [-0.2, 0) is 43.1 Å².